The van der Waals surface area contributed by atoms with Crippen LogP contribution in [0.4, 0.5) is 0 Å². The van der Waals surface area contributed by atoms with Crippen LogP contribution < -0.4 is 5.73 Å². The zero-order valence-electron chi connectivity index (χ0n) is 7.98. The maximum absolute atomic E-state index is 10.4. The highest BCUT2D eigenvalue weighted by atomic mass is 31.1. The fourth-order valence-corrected chi connectivity index (χ4v) is 2.55. The summed E-state index contributed by atoms with van der Waals surface area (Å²) in [5, 5.41) is 0. The van der Waals surface area contributed by atoms with Crippen molar-refractivity contribution in [3.05, 3.63) is 0 Å². The van der Waals surface area contributed by atoms with Crippen molar-refractivity contribution in [2.75, 3.05) is 6.16 Å². The molecule has 0 radical (unpaired) electrons. The fraction of sp³-hybridized carbons (Fsp3) is 1.00. The summed E-state index contributed by atoms with van der Waals surface area (Å²) in [6.07, 6.45) is 7.21. The number of nitrogens with two attached hydrogens (primary N) is 1. The highest BCUT2D eigenvalue weighted by Gasteiger charge is 2.21. The van der Waals surface area contributed by atoms with E-state index in [0.717, 1.165) is 25.2 Å². The van der Waals surface area contributed by atoms with E-state index >= 15 is 0 Å². The molecular weight excluding hydrogens is 185 g/mol. The van der Waals surface area contributed by atoms with Crippen molar-refractivity contribution in [2.45, 2.75) is 44.6 Å². The lowest BCUT2D eigenvalue weighted by Gasteiger charge is -2.06. The maximum atomic E-state index is 10.4. The van der Waals surface area contributed by atoms with E-state index < -0.39 is 8.03 Å². The molecule has 1 rings (SSSR count). The van der Waals surface area contributed by atoms with Crippen LogP contribution in [-0.2, 0) is 4.57 Å². The molecule has 1 fully saturated rings. The third kappa shape index (κ3) is 4.70. The van der Waals surface area contributed by atoms with Crippen LogP contribution in [0.25, 0.3) is 0 Å². The van der Waals surface area contributed by atoms with E-state index in [9.17, 15) is 4.57 Å². The van der Waals surface area contributed by atoms with Gasteiger partial charge in [-0.3, -0.25) is 0 Å². The van der Waals surface area contributed by atoms with E-state index in [1.807, 2.05) is 0 Å². The first-order valence-corrected chi connectivity index (χ1v) is 6.47. The summed E-state index contributed by atoms with van der Waals surface area (Å²) in [6, 6.07) is 0.416. The minimum absolute atomic E-state index is 0.416. The molecular formula is C9H19NO2P+. The summed E-state index contributed by atoms with van der Waals surface area (Å²) in [6.45, 7) is 0. The third-order valence-corrected chi connectivity index (χ3v) is 3.49. The van der Waals surface area contributed by atoms with E-state index in [0.29, 0.717) is 12.2 Å². The minimum atomic E-state index is -1.91. The minimum Gasteiger partial charge on any atom is -0.328 e. The Labute approximate surface area is 80.6 Å². The predicted molar refractivity (Wildman–Crippen MR) is 53.9 cm³/mol. The topological polar surface area (TPSA) is 63.3 Å². The quantitative estimate of drug-likeness (QED) is 0.532. The van der Waals surface area contributed by atoms with Crippen molar-refractivity contribution in [3.8, 4) is 0 Å². The van der Waals surface area contributed by atoms with Crippen molar-refractivity contribution in [1.29, 1.82) is 0 Å². The Kier molecular flexibility index (Phi) is 4.86. The van der Waals surface area contributed by atoms with E-state index in [-0.39, 0.29) is 0 Å². The summed E-state index contributed by atoms with van der Waals surface area (Å²) >= 11 is 0. The van der Waals surface area contributed by atoms with Gasteiger partial charge in [-0.25, -0.2) is 0 Å². The van der Waals surface area contributed by atoms with Gasteiger partial charge in [-0.05, 0) is 42.6 Å². The SMILES string of the molecule is N[C@H]1CC[C@H](CCCC[P+](=O)O)C1. The van der Waals surface area contributed by atoms with Crippen LogP contribution in [-0.4, -0.2) is 17.1 Å². The number of rotatable bonds is 5. The summed E-state index contributed by atoms with van der Waals surface area (Å²) in [4.78, 5) is 8.58. The molecule has 0 aromatic heterocycles. The maximum Gasteiger partial charge on any atom is 0.505 e. The fourth-order valence-electron chi connectivity index (χ4n) is 2.06. The Morgan fingerprint density at radius 1 is 1.38 bits per heavy atom. The van der Waals surface area contributed by atoms with Crippen LogP contribution in [0.5, 0.6) is 0 Å². The Morgan fingerprint density at radius 2 is 2.15 bits per heavy atom. The van der Waals surface area contributed by atoms with Crippen molar-refractivity contribution in [1.82, 2.24) is 0 Å². The second kappa shape index (κ2) is 5.69. The van der Waals surface area contributed by atoms with Gasteiger partial charge in [-0.1, -0.05) is 6.42 Å². The molecule has 1 unspecified atom stereocenters. The first-order chi connectivity index (χ1) is 6.18. The van der Waals surface area contributed by atoms with E-state index in [1.54, 1.807) is 0 Å². The summed E-state index contributed by atoms with van der Waals surface area (Å²) in [5.41, 5.74) is 5.79. The standard InChI is InChI=1S/C9H18NO2P/c10-9-5-4-8(7-9)3-1-2-6-13(11)12/h8-9H,1-7,10H2/p+1/t8-,9-/m0/s1. The second-order valence-electron chi connectivity index (χ2n) is 4.01. The molecule has 0 saturated heterocycles. The number of unbranched alkanes of at least 4 members (excludes halogenated alkanes) is 1. The number of hydrogen-bond acceptors (Lipinski definition) is 2. The lowest BCUT2D eigenvalue weighted by molar-refractivity contribution is 0.466. The average molecular weight is 204 g/mol. The highest BCUT2D eigenvalue weighted by molar-refractivity contribution is 7.37. The van der Waals surface area contributed by atoms with E-state index in [4.69, 9.17) is 10.6 Å². The van der Waals surface area contributed by atoms with E-state index in [1.165, 1.54) is 19.3 Å². The molecule has 0 spiro atoms. The van der Waals surface area contributed by atoms with E-state index in [2.05, 4.69) is 0 Å². The second-order valence-corrected chi connectivity index (χ2v) is 5.16. The van der Waals surface area contributed by atoms with Crippen molar-refractivity contribution in [2.24, 2.45) is 11.7 Å². The van der Waals surface area contributed by atoms with Crippen LogP contribution in [0.1, 0.15) is 38.5 Å². The van der Waals surface area contributed by atoms with Gasteiger partial charge in [0, 0.05) is 6.04 Å². The van der Waals surface area contributed by atoms with Gasteiger partial charge >= 0.3 is 8.03 Å². The zero-order valence-corrected chi connectivity index (χ0v) is 8.88. The van der Waals surface area contributed by atoms with Crippen LogP contribution in [0, 0.1) is 5.92 Å². The Bertz CT molecular complexity index is 175. The Balaban J connectivity index is 1.97. The van der Waals surface area contributed by atoms with Crippen LogP contribution >= 0.6 is 8.03 Å². The smallest absolute Gasteiger partial charge is 0.328 e. The largest absolute Gasteiger partial charge is 0.505 e. The first kappa shape index (κ1) is 11.1. The normalized spacial score (nSPS) is 29.2. The predicted octanol–water partition coefficient (Wildman–Crippen LogP) is 2.02. The molecule has 4 heteroatoms. The molecule has 0 aromatic carbocycles. The highest BCUT2D eigenvalue weighted by Crippen LogP contribution is 2.29. The molecule has 1 saturated carbocycles. The van der Waals surface area contributed by atoms with Crippen LogP contribution in [0.15, 0.2) is 0 Å². The van der Waals surface area contributed by atoms with Gasteiger partial charge in [-0.2, -0.15) is 4.89 Å². The Hall–Kier alpha value is 0.0200. The molecule has 0 aromatic rings. The molecule has 1 aliphatic carbocycles. The zero-order chi connectivity index (χ0) is 9.68. The van der Waals surface area contributed by atoms with Crippen molar-refractivity contribution >= 4 is 8.03 Å². The van der Waals surface area contributed by atoms with Gasteiger partial charge in [0.05, 0.1) is 0 Å². The number of hydrogen-bond donors (Lipinski definition) is 2. The average Bonchev–Trinajstić information content (AvgIpc) is 2.45. The van der Waals surface area contributed by atoms with Gasteiger partial charge in [0.15, 0.2) is 6.16 Å². The molecule has 0 heterocycles. The third-order valence-electron chi connectivity index (χ3n) is 2.79. The summed E-state index contributed by atoms with van der Waals surface area (Å²) in [7, 11) is -1.91. The van der Waals surface area contributed by atoms with Gasteiger partial charge < -0.3 is 5.73 Å². The molecule has 3 nitrogen and oxygen atoms in total. The van der Waals surface area contributed by atoms with Gasteiger partial charge in [0.25, 0.3) is 0 Å². The van der Waals surface area contributed by atoms with Gasteiger partial charge in [-0.15, -0.1) is 0 Å². The molecule has 0 amide bonds. The van der Waals surface area contributed by atoms with Crippen molar-refractivity contribution < 1.29 is 9.46 Å². The first-order valence-electron chi connectivity index (χ1n) is 5.07. The molecule has 13 heavy (non-hydrogen) atoms. The van der Waals surface area contributed by atoms with Crippen LogP contribution in [0.3, 0.4) is 0 Å². The summed E-state index contributed by atoms with van der Waals surface area (Å²) < 4.78 is 10.4. The Morgan fingerprint density at radius 3 is 2.69 bits per heavy atom. The molecule has 0 aliphatic heterocycles. The molecule has 76 valence electrons. The molecule has 1 aliphatic rings. The monoisotopic (exact) mass is 204 g/mol. The molecule has 3 N–H and O–H groups in total. The molecule has 3 atom stereocenters. The summed E-state index contributed by atoms with van der Waals surface area (Å²) in [5.74, 6) is 0.784. The van der Waals surface area contributed by atoms with Crippen LogP contribution in [0.2, 0.25) is 0 Å². The lowest BCUT2D eigenvalue weighted by atomic mass is 10.0. The lowest BCUT2D eigenvalue weighted by Crippen LogP contribution is -2.14. The van der Waals surface area contributed by atoms with Crippen molar-refractivity contribution in [3.63, 3.8) is 0 Å². The van der Waals surface area contributed by atoms with Gasteiger partial charge in [0.2, 0.25) is 0 Å². The van der Waals surface area contributed by atoms with Gasteiger partial charge in [0.1, 0.15) is 0 Å². The molecule has 0 bridgehead atoms.